The van der Waals surface area contributed by atoms with Crippen LogP contribution >= 0.6 is 0 Å². The van der Waals surface area contributed by atoms with Crippen LogP contribution in [0.25, 0.3) is 0 Å². The third-order valence-corrected chi connectivity index (χ3v) is 4.13. The first-order valence-electron chi connectivity index (χ1n) is 8.08. The van der Waals surface area contributed by atoms with Crippen LogP contribution < -0.4 is 0 Å². The Hall–Kier alpha value is -1.49. The Bertz CT molecular complexity index is 488. The third-order valence-electron chi connectivity index (χ3n) is 4.13. The number of carbonyl (C=O) groups is 1. The molecule has 23 heavy (non-hydrogen) atoms. The fraction of sp³-hybridized carbons (Fsp3) is 0.611. The maximum atomic E-state index is 13.4. The molecule has 1 aromatic rings. The Balaban J connectivity index is 3.18. The molecule has 2 unspecified atom stereocenters. The van der Waals surface area contributed by atoms with Gasteiger partial charge < -0.3 is 9.84 Å². The van der Waals surface area contributed by atoms with Gasteiger partial charge in [-0.25, -0.2) is 8.78 Å². The molecule has 3 nitrogen and oxygen atoms in total. The van der Waals surface area contributed by atoms with E-state index in [1.807, 2.05) is 12.1 Å². The van der Waals surface area contributed by atoms with Crippen LogP contribution in [0.15, 0.2) is 24.3 Å². The summed E-state index contributed by atoms with van der Waals surface area (Å²) in [5.41, 5.74) is -0.518. The van der Waals surface area contributed by atoms with E-state index in [4.69, 9.17) is 0 Å². The quantitative estimate of drug-likeness (QED) is 0.695. The number of aryl methyl sites for hydroxylation is 1. The third kappa shape index (κ3) is 4.74. The fourth-order valence-electron chi connectivity index (χ4n) is 2.83. The Morgan fingerprint density at radius 3 is 2.26 bits per heavy atom. The summed E-state index contributed by atoms with van der Waals surface area (Å²) in [6, 6.07) is 6.93. The average molecular weight is 328 g/mol. The second kappa shape index (κ2) is 8.96. The average Bonchev–Trinajstić information content (AvgIpc) is 2.53. The molecule has 5 heteroatoms. The van der Waals surface area contributed by atoms with Crippen molar-refractivity contribution in [3.63, 3.8) is 0 Å². The molecule has 0 aliphatic heterocycles. The first-order valence-corrected chi connectivity index (χ1v) is 8.08. The second-order valence-corrected chi connectivity index (χ2v) is 5.81. The van der Waals surface area contributed by atoms with E-state index in [2.05, 4.69) is 11.7 Å². The number of halogens is 2. The minimum atomic E-state index is -3.00. The molecular formula is C18H26F2O3. The van der Waals surface area contributed by atoms with Crippen molar-refractivity contribution in [2.45, 2.75) is 58.0 Å². The summed E-state index contributed by atoms with van der Waals surface area (Å²) in [5, 5.41) is 10.9. The molecule has 0 heterocycles. The van der Waals surface area contributed by atoms with Crippen LogP contribution in [-0.4, -0.2) is 24.6 Å². The number of rotatable bonds is 9. The molecule has 1 rings (SSSR count). The van der Waals surface area contributed by atoms with Gasteiger partial charge in [0, 0.05) is 0 Å². The minimum absolute atomic E-state index is 0.0609. The second-order valence-electron chi connectivity index (χ2n) is 5.81. The number of aliphatic hydroxyl groups is 1. The summed E-state index contributed by atoms with van der Waals surface area (Å²) >= 11 is 0. The van der Waals surface area contributed by atoms with Gasteiger partial charge >= 0.3 is 5.97 Å². The highest BCUT2D eigenvalue weighted by Crippen LogP contribution is 2.38. The maximum Gasteiger partial charge on any atom is 0.317 e. The summed E-state index contributed by atoms with van der Waals surface area (Å²) in [6.45, 7) is 3.87. The summed E-state index contributed by atoms with van der Waals surface area (Å²) < 4.78 is 31.3. The normalized spacial score (nSPS) is 15.3. The van der Waals surface area contributed by atoms with Crippen LogP contribution in [0.3, 0.4) is 0 Å². The predicted octanol–water partition coefficient (Wildman–Crippen LogP) is 4.07. The van der Waals surface area contributed by atoms with E-state index in [9.17, 15) is 18.7 Å². The number of hydrogen-bond donors (Lipinski definition) is 1. The van der Waals surface area contributed by atoms with Crippen LogP contribution in [0.1, 0.15) is 50.7 Å². The van der Waals surface area contributed by atoms with E-state index in [0.29, 0.717) is 12.0 Å². The van der Waals surface area contributed by atoms with E-state index < -0.39 is 23.9 Å². The van der Waals surface area contributed by atoms with E-state index in [0.717, 1.165) is 31.9 Å². The molecule has 130 valence electrons. The van der Waals surface area contributed by atoms with Crippen molar-refractivity contribution < 1.29 is 23.4 Å². The fourth-order valence-corrected chi connectivity index (χ4v) is 2.83. The van der Waals surface area contributed by atoms with Gasteiger partial charge in [-0.15, -0.1) is 0 Å². The first kappa shape index (κ1) is 19.6. The molecule has 0 spiro atoms. The zero-order chi connectivity index (χ0) is 17.5. The molecule has 0 aliphatic rings. The molecule has 0 saturated heterocycles. The molecule has 0 saturated carbocycles. The van der Waals surface area contributed by atoms with Gasteiger partial charge in [-0.05, 0) is 30.4 Å². The lowest BCUT2D eigenvalue weighted by molar-refractivity contribution is -0.170. The highest BCUT2D eigenvalue weighted by molar-refractivity contribution is 5.74. The molecule has 0 aromatic heterocycles. The van der Waals surface area contributed by atoms with Crippen LogP contribution in [0, 0.1) is 5.92 Å². The van der Waals surface area contributed by atoms with Gasteiger partial charge in [0.25, 0.3) is 6.43 Å². The molecule has 0 fully saturated rings. The summed E-state index contributed by atoms with van der Waals surface area (Å²) in [4.78, 5) is 11.8. The Morgan fingerprint density at radius 1 is 1.22 bits per heavy atom. The standard InChI is InChI=1S/C18H26F2O3/c1-4-6-7-13-8-10-14(11-9-13)18(22,12-5-2)15(16(19)20)17(21)23-3/h8-11,15-16,22H,4-7,12H2,1-3H3. The lowest BCUT2D eigenvalue weighted by Gasteiger charge is -2.34. The van der Waals surface area contributed by atoms with Gasteiger partial charge in [0.2, 0.25) is 0 Å². The van der Waals surface area contributed by atoms with Crippen molar-refractivity contribution in [3.8, 4) is 0 Å². The maximum absolute atomic E-state index is 13.4. The van der Waals surface area contributed by atoms with Gasteiger partial charge in [-0.3, -0.25) is 4.79 Å². The monoisotopic (exact) mass is 328 g/mol. The Kier molecular flexibility index (Phi) is 7.62. The van der Waals surface area contributed by atoms with Crippen LogP contribution in [-0.2, 0) is 21.6 Å². The zero-order valence-electron chi connectivity index (χ0n) is 14.0. The van der Waals surface area contributed by atoms with Crippen molar-refractivity contribution in [2.75, 3.05) is 7.11 Å². The summed E-state index contributed by atoms with van der Waals surface area (Å²) in [5.74, 6) is -2.99. The molecular weight excluding hydrogens is 302 g/mol. The van der Waals surface area contributed by atoms with E-state index in [1.54, 1.807) is 19.1 Å². The molecule has 1 aromatic carbocycles. The Labute approximate surface area is 136 Å². The topological polar surface area (TPSA) is 46.5 Å². The number of hydrogen-bond acceptors (Lipinski definition) is 3. The van der Waals surface area contributed by atoms with Crippen molar-refractivity contribution >= 4 is 5.97 Å². The number of esters is 1. The Morgan fingerprint density at radius 2 is 1.83 bits per heavy atom. The molecule has 0 amide bonds. The van der Waals surface area contributed by atoms with Gasteiger partial charge in [0.05, 0.1) is 7.11 Å². The van der Waals surface area contributed by atoms with Gasteiger partial charge in [0.15, 0.2) is 5.92 Å². The summed E-state index contributed by atoms with van der Waals surface area (Å²) in [7, 11) is 1.05. The van der Waals surface area contributed by atoms with Crippen molar-refractivity contribution in [1.82, 2.24) is 0 Å². The van der Waals surface area contributed by atoms with E-state index in [-0.39, 0.29) is 6.42 Å². The molecule has 0 radical (unpaired) electrons. The number of benzene rings is 1. The van der Waals surface area contributed by atoms with Gasteiger partial charge in [0.1, 0.15) is 5.60 Å². The van der Waals surface area contributed by atoms with Crippen LogP contribution in [0.2, 0.25) is 0 Å². The largest absolute Gasteiger partial charge is 0.469 e. The number of unbranched alkanes of at least 4 members (excludes halogenated alkanes) is 1. The summed E-state index contributed by atoms with van der Waals surface area (Å²) in [6.07, 6.45) is 0.536. The number of alkyl halides is 2. The lowest BCUT2D eigenvalue weighted by Crippen LogP contribution is -2.44. The molecule has 0 bridgehead atoms. The van der Waals surface area contributed by atoms with Gasteiger partial charge in [-0.1, -0.05) is 51.0 Å². The number of carbonyl (C=O) groups excluding carboxylic acids is 1. The van der Waals surface area contributed by atoms with Crippen molar-refractivity contribution in [2.24, 2.45) is 5.92 Å². The highest BCUT2D eigenvalue weighted by Gasteiger charge is 2.48. The molecule has 2 atom stereocenters. The van der Waals surface area contributed by atoms with Crippen molar-refractivity contribution in [3.05, 3.63) is 35.4 Å². The van der Waals surface area contributed by atoms with Gasteiger partial charge in [-0.2, -0.15) is 0 Å². The minimum Gasteiger partial charge on any atom is -0.469 e. The lowest BCUT2D eigenvalue weighted by atomic mass is 9.77. The number of methoxy groups -OCH3 is 1. The molecule has 0 aliphatic carbocycles. The SMILES string of the molecule is CCCCc1ccc(C(O)(CCC)C(C(=O)OC)C(F)F)cc1. The zero-order valence-corrected chi connectivity index (χ0v) is 14.0. The predicted molar refractivity (Wildman–Crippen MR) is 85.4 cm³/mol. The van der Waals surface area contributed by atoms with E-state index >= 15 is 0 Å². The number of ether oxygens (including phenoxy) is 1. The van der Waals surface area contributed by atoms with Crippen molar-refractivity contribution in [1.29, 1.82) is 0 Å². The first-order chi connectivity index (χ1) is 10.9. The van der Waals surface area contributed by atoms with Crippen LogP contribution in [0.4, 0.5) is 8.78 Å². The van der Waals surface area contributed by atoms with E-state index in [1.165, 1.54) is 0 Å². The molecule has 1 N–H and O–H groups in total. The highest BCUT2D eigenvalue weighted by atomic mass is 19.3. The van der Waals surface area contributed by atoms with Crippen LogP contribution in [0.5, 0.6) is 0 Å². The smallest absolute Gasteiger partial charge is 0.317 e.